The molecular formula is C33H35N3O6S. The van der Waals surface area contributed by atoms with E-state index in [1.54, 1.807) is 32.3 Å². The van der Waals surface area contributed by atoms with Crippen LogP contribution < -0.4 is 10.6 Å². The van der Waals surface area contributed by atoms with Crippen LogP contribution in [0.1, 0.15) is 50.8 Å². The average molecular weight is 602 g/mol. The molecule has 0 aromatic heterocycles. The van der Waals surface area contributed by atoms with Crippen molar-refractivity contribution < 1.29 is 28.7 Å². The van der Waals surface area contributed by atoms with Crippen molar-refractivity contribution in [1.29, 1.82) is 0 Å². The lowest BCUT2D eigenvalue weighted by atomic mass is 9.88. The zero-order valence-corrected chi connectivity index (χ0v) is 25.2. The van der Waals surface area contributed by atoms with Crippen molar-refractivity contribution in [3.05, 3.63) is 107 Å². The molecule has 2 aromatic carbocycles. The molecule has 3 aliphatic rings. The number of benzene rings is 2. The van der Waals surface area contributed by atoms with Gasteiger partial charge < -0.3 is 25.0 Å². The van der Waals surface area contributed by atoms with E-state index in [0.29, 0.717) is 36.1 Å². The number of esters is 1. The highest BCUT2D eigenvalue weighted by Gasteiger charge is 2.57. The second kappa shape index (κ2) is 12.5. The number of allylic oxidation sites excluding steroid dienone is 1. The number of ether oxygens (including phenoxy) is 2. The first-order valence-corrected chi connectivity index (χ1v) is 15.1. The molecule has 10 heteroatoms. The van der Waals surface area contributed by atoms with E-state index in [2.05, 4.69) is 17.2 Å². The van der Waals surface area contributed by atoms with Gasteiger partial charge in [-0.2, -0.15) is 0 Å². The zero-order chi connectivity index (χ0) is 30.7. The number of fused-ring (bicyclic) bond motifs is 1. The summed E-state index contributed by atoms with van der Waals surface area (Å²) in [4.78, 5) is 54.7. The summed E-state index contributed by atoms with van der Waals surface area (Å²) in [6, 6.07) is 16.7. The fourth-order valence-corrected chi connectivity index (χ4v) is 6.70. The maximum atomic E-state index is 14.3. The summed E-state index contributed by atoms with van der Waals surface area (Å²) < 4.78 is 11.6. The van der Waals surface area contributed by atoms with Crippen LogP contribution >= 0.6 is 11.8 Å². The van der Waals surface area contributed by atoms with Gasteiger partial charge >= 0.3 is 12.1 Å². The Labute approximate surface area is 255 Å². The number of nitrogens with zero attached hydrogens (tertiary/aromatic N) is 1. The summed E-state index contributed by atoms with van der Waals surface area (Å²) in [6.07, 6.45) is 1.04. The molecule has 3 atom stereocenters. The first kappa shape index (κ1) is 30.2. The number of hydrogen-bond donors (Lipinski definition) is 2. The Morgan fingerprint density at radius 3 is 2.26 bits per heavy atom. The van der Waals surface area contributed by atoms with Crippen LogP contribution in [0.25, 0.3) is 0 Å². The molecule has 0 unspecified atom stereocenters. The molecule has 2 fully saturated rings. The summed E-state index contributed by atoms with van der Waals surface area (Å²) in [6.45, 7) is 9.57. The summed E-state index contributed by atoms with van der Waals surface area (Å²) in [5.41, 5.74) is 2.52. The maximum Gasteiger partial charge on any atom is 0.408 e. The minimum atomic E-state index is -1.14. The van der Waals surface area contributed by atoms with Gasteiger partial charge in [0.1, 0.15) is 17.0 Å². The van der Waals surface area contributed by atoms with Crippen LogP contribution in [-0.2, 0) is 23.9 Å². The van der Waals surface area contributed by atoms with Crippen LogP contribution in [0.5, 0.6) is 0 Å². The molecule has 0 aliphatic carbocycles. The van der Waals surface area contributed by atoms with E-state index >= 15 is 0 Å². The number of rotatable bonds is 8. The van der Waals surface area contributed by atoms with Crippen LogP contribution in [0.15, 0.2) is 95.4 Å². The van der Waals surface area contributed by atoms with Gasteiger partial charge in [-0.25, -0.2) is 9.59 Å². The molecule has 2 aromatic rings. The van der Waals surface area contributed by atoms with Crippen LogP contribution in [0.2, 0.25) is 0 Å². The summed E-state index contributed by atoms with van der Waals surface area (Å²) >= 11 is 1.30. The average Bonchev–Trinajstić information content (AvgIpc) is 3.41. The molecule has 43 heavy (non-hydrogen) atoms. The highest BCUT2D eigenvalue weighted by molar-refractivity contribution is 8.03. The number of β-lactam (4-membered cyclic amide) rings is 1. The third-order valence-electron chi connectivity index (χ3n) is 7.32. The van der Waals surface area contributed by atoms with Gasteiger partial charge in [0.2, 0.25) is 11.8 Å². The number of alkyl carbamates (subject to hydrolysis) is 1. The van der Waals surface area contributed by atoms with Gasteiger partial charge in [-0.1, -0.05) is 66.7 Å². The Kier molecular flexibility index (Phi) is 8.77. The van der Waals surface area contributed by atoms with E-state index in [1.807, 2.05) is 60.7 Å². The largest absolute Gasteiger partial charge is 0.451 e. The van der Waals surface area contributed by atoms with Crippen molar-refractivity contribution in [3.8, 4) is 0 Å². The Morgan fingerprint density at radius 1 is 1.09 bits per heavy atom. The van der Waals surface area contributed by atoms with Crippen molar-refractivity contribution in [1.82, 2.24) is 15.5 Å². The van der Waals surface area contributed by atoms with Gasteiger partial charge in [0, 0.05) is 12.1 Å². The predicted octanol–water partition coefficient (Wildman–Crippen LogP) is 4.77. The lowest BCUT2D eigenvalue weighted by Gasteiger charge is -2.52. The number of nitrogens with one attached hydrogen (secondary N) is 2. The molecule has 0 spiro atoms. The topological polar surface area (TPSA) is 114 Å². The molecule has 0 saturated carbocycles. The third kappa shape index (κ3) is 6.39. The molecule has 3 amide bonds. The van der Waals surface area contributed by atoms with Gasteiger partial charge in [-0.15, -0.1) is 18.3 Å². The highest BCUT2D eigenvalue weighted by atomic mass is 32.2. The fraction of sp³-hybridized carbons (Fsp3) is 0.333. The molecule has 5 rings (SSSR count). The Bertz CT molecular complexity index is 1440. The smallest absolute Gasteiger partial charge is 0.408 e. The lowest BCUT2D eigenvalue weighted by Crippen LogP contribution is -2.74. The van der Waals surface area contributed by atoms with E-state index < -0.39 is 47.1 Å². The third-order valence-corrected chi connectivity index (χ3v) is 8.49. The molecule has 3 heterocycles. The normalized spacial score (nSPS) is 22.6. The zero-order valence-electron chi connectivity index (χ0n) is 24.4. The quantitative estimate of drug-likeness (QED) is 0.194. The highest BCUT2D eigenvalue weighted by Crippen LogP contribution is 2.44. The number of carbonyl (C=O) groups is 4. The fourth-order valence-electron chi connectivity index (χ4n) is 5.44. The van der Waals surface area contributed by atoms with Crippen LogP contribution in [0, 0.1) is 0 Å². The minimum Gasteiger partial charge on any atom is -0.451 e. The van der Waals surface area contributed by atoms with E-state index in [1.165, 1.54) is 16.7 Å². The molecule has 2 saturated heterocycles. The molecule has 0 radical (unpaired) electrons. The molecule has 224 valence electrons. The summed E-state index contributed by atoms with van der Waals surface area (Å²) in [5, 5.41) is 6.73. The Hall–Kier alpha value is -4.31. The van der Waals surface area contributed by atoms with Crippen molar-refractivity contribution >= 4 is 35.6 Å². The number of amides is 3. The molecule has 3 aliphatic heterocycles. The van der Waals surface area contributed by atoms with Gasteiger partial charge in [-0.05, 0) is 61.3 Å². The van der Waals surface area contributed by atoms with Crippen LogP contribution in [0.3, 0.4) is 0 Å². The Balaban J connectivity index is 1.52. The number of carbonyl (C=O) groups excluding carboxylic acids is 4. The van der Waals surface area contributed by atoms with Gasteiger partial charge in [0.05, 0.1) is 0 Å². The number of hydrogen-bond acceptors (Lipinski definition) is 7. The number of thioether (sulfide) groups is 1. The van der Waals surface area contributed by atoms with Crippen molar-refractivity contribution in [2.75, 3.05) is 6.54 Å². The first-order chi connectivity index (χ1) is 20.6. The first-order valence-electron chi connectivity index (χ1n) is 14.2. The maximum absolute atomic E-state index is 14.3. The summed E-state index contributed by atoms with van der Waals surface area (Å²) in [5.74, 6) is -1.28. The minimum absolute atomic E-state index is 0.206. The van der Waals surface area contributed by atoms with E-state index in [0.717, 1.165) is 11.1 Å². The molecule has 2 N–H and O–H groups in total. The lowest BCUT2D eigenvalue weighted by molar-refractivity contribution is -0.164. The van der Waals surface area contributed by atoms with E-state index in [9.17, 15) is 19.2 Å². The standard InChI is InChI=1S/C33H35N3O6S/c1-5-12-22(23-17-18-34-28(23)37)24-19-43-30-25(35-32(40)42-33(2,3)4)29(38)36(30)26(24)31(39)41-27(20-13-8-6-9-14-20)21-15-10-7-11-16-21/h5-11,13-16,19,25-27,30H,1,12,17-18H2,2-4H3,(H,34,37)(H,35,40)/t25-,26+,30-/m1/s1. The monoisotopic (exact) mass is 601 g/mol. The second-order valence-electron chi connectivity index (χ2n) is 11.5. The van der Waals surface area contributed by atoms with Gasteiger partial charge in [0.25, 0.3) is 0 Å². The Morgan fingerprint density at radius 2 is 1.72 bits per heavy atom. The van der Waals surface area contributed by atoms with Crippen LogP contribution in [-0.4, -0.2) is 58.4 Å². The van der Waals surface area contributed by atoms with Crippen molar-refractivity contribution in [3.63, 3.8) is 0 Å². The van der Waals surface area contributed by atoms with Gasteiger partial charge in [-0.3, -0.25) is 9.59 Å². The predicted molar refractivity (Wildman–Crippen MR) is 164 cm³/mol. The van der Waals surface area contributed by atoms with Gasteiger partial charge in [0.15, 0.2) is 12.1 Å². The van der Waals surface area contributed by atoms with Crippen molar-refractivity contribution in [2.24, 2.45) is 0 Å². The van der Waals surface area contributed by atoms with Crippen molar-refractivity contribution in [2.45, 2.75) is 62.8 Å². The van der Waals surface area contributed by atoms with Crippen LogP contribution in [0.4, 0.5) is 4.79 Å². The summed E-state index contributed by atoms with van der Waals surface area (Å²) in [7, 11) is 0. The SMILES string of the molecule is C=CCC(C1=CS[C@@H]2[C@H](NC(=O)OC(C)(C)C)C(=O)N2[C@@H]1C(=O)OC(c1ccccc1)c1ccccc1)=C1CCNC1=O. The molecule has 0 bridgehead atoms. The molecule has 9 nitrogen and oxygen atoms in total. The van der Waals surface area contributed by atoms with E-state index in [4.69, 9.17) is 9.47 Å². The molecular weight excluding hydrogens is 566 g/mol. The second-order valence-corrected chi connectivity index (χ2v) is 12.5. The van der Waals surface area contributed by atoms with E-state index in [-0.39, 0.29) is 5.91 Å².